The molecule has 2 amide bonds. The highest BCUT2D eigenvalue weighted by molar-refractivity contribution is 7.78. The summed E-state index contributed by atoms with van der Waals surface area (Å²) >= 11 is 3.99. The van der Waals surface area contributed by atoms with Gasteiger partial charge in [0.25, 0.3) is 0 Å². The minimum atomic E-state index is -0.454. The average molecular weight is 304 g/mol. The van der Waals surface area contributed by atoms with Gasteiger partial charge in [-0.15, -0.1) is 0 Å². The molecule has 2 atom stereocenters. The molecule has 0 bridgehead atoms. The second-order valence-corrected chi connectivity index (χ2v) is 5.25. The van der Waals surface area contributed by atoms with E-state index < -0.39 is 6.04 Å². The van der Waals surface area contributed by atoms with Crippen LogP contribution < -0.4 is 21.1 Å². The van der Waals surface area contributed by atoms with Crippen LogP contribution in [-0.4, -0.2) is 37.5 Å². The summed E-state index contributed by atoms with van der Waals surface area (Å²) in [7, 11) is 0. The Labute approximate surface area is 127 Å². The number of carbonyl (C=O) groups is 2. The molecule has 0 saturated carbocycles. The van der Waals surface area contributed by atoms with E-state index in [9.17, 15) is 9.59 Å². The summed E-state index contributed by atoms with van der Waals surface area (Å²) in [6.45, 7) is 3.37. The van der Waals surface area contributed by atoms with E-state index in [2.05, 4.69) is 35.1 Å². The summed E-state index contributed by atoms with van der Waals surface area (Å²) < 4.78 is 2.88. The fraction of sp³-hybridized carbons (Fsp3) is 0.846. The van der Waals surface area contributed by atoms with Gasteiger partial charge in [0.1, 0.15) is 0 Å². The molecule has 0 spiro atoms. The van der Waals surface area contributed by atoms with E-state index in [4.69, 9.17) is 5.73 Å². The molecule has 0 aliphatic carbocycles. The molecule has 118 valence electrons. The van der Waals surface area contributed by atoms with E-state index in [1.165, 1.54) is 0 Å². The Morgan fingerprint density at radius 2 is 1.85 bits per heavy atom. The summed E-state index contributed by atoms with van der Waals surface area (Å²) in [6, 6.07) is -0.0690. The van der Waals surface area contributed by atoms with Gasteiger partial charge in [-0.05, 0) is 39.0 Å². The van der Waals surface area contributed by atoms with Crippen LogP contribution in [0.4, 0.5) is 0 Å². The summed E-state index contributed by atoms with van der Waals surface area (Å²) in [5, 5.41) is 5.43. The van der Waals surface area contributed by atoms with Crippen molar-refractivity contribution in [1.29, 1.82) is 0 Å². The third-order valence-corrected chi connectivity index (χ3v) is 3.53. The van der Waals surface area contributed by atoms with Crippen LogP contribution in [0.3, 0.4) is 0 Å². The van der Waals surface area contributed by atoms with Crippen LogP contribution >= 0.6 is 12.8 Å². The lowest BCUT2D eigenvalue weighted by molar-refractivity contribution is -0.122. The molecule has 0 aromatic rings. The Kier molecular flexibility index (Phi) is 12.7. The number of hydrogen-bond donors (Lipinski definition) is 5. The van der Waals surface area contributed by atoms with Gasteiger partial charge in [-0.3, -0.25) is 14.3 Å². The minimum absolute atomic E-state index is 0.0892. The molecule has 0 rings (SSSR count). The summed E-state index contributed by atoms with van der Waals surface area (Å²) in [4.78, 5) is 21.7. The zero-order valence-corrected chi connectivity index (χ0v) is 13.1. The van der Waals surface area contributed by atoms with E-state index >= 15 is 0 Å². The second kappa shape index (κ2) is 13.2. The van der Waals surface area contributed by atoms with Crippen molar-refractivity contribution >= 4 is 25.1 Å². The largest absolute Gasteiger partial charge is 0.359 e. The molecule has 7 heteroatoms. The van der Waals surface area contributed by atoms with E-state index in [1.807, 2.05) is 0 Å². The molecule has 5 N–H and O–H groups in total. The van der Waals surface area contributed by atoms with E-state index in [1.54, 1.807) is 0 Å². The molecular weight excluding hydrogens is 276 g/mol. The predicted octanol–water partition coefficient (Wildman–Crippen LogP) is 0.339. The van der Waals surface area contributed by atoms with Crippen molar-refractivity contribution in [1.82, 2.24) is 15.4 Å². The maximum atomic E-state index is 11.7. The number of hydrogen-bond acceptors (Lipinski definition) is 5. The first kappa shape index (κ1) is 19.2. The van der Waals surface area contributed by atoms with Crippen molar-refractivity contribution in [3.8, 4) is 0 Å². The number of carbonyl (C=O) groups excluding carboxylic acids is 2. The molecule has 6 nitrogen and oxygen atoms in total. The smallest absolute Gasteiger partial charge is 0.236 e. The Morgan fingerprint density at radius 3 is 2.50 bits per heavy atom. The van der Waals surface area contributed by atoms with Crippen LogP contribution in [0, 0.1) is 0 Å². The fourth-order valence-corrected chi connectivity index (χ4v) is 1.89. The van der Waals surface area contributed by atoms with Gasteiger partial charge in [0.05, 0.1) is 6.04 Å². The zero-order valence-electron chi connectivity index (χ0n) is 12.2. The summed E-state index contributed by atoms with van der Waals surface area (Å²) in [5.74, 6) is -0.0892. The van der Waals surface area contributed by atoms with Crippen LogP contribution in [0.2, 0.25) is 0 Å². The van der Waals surface area contributed by atoms with E-state index in [-0.39, 0.29) is 5.91 Å². The monoisotopic (exact) mass is 304 g/mol. The highest BCUT2D eigenvalue weighted by Gasteiger charge is 2.11. The first-order chi connectivity index (χ1) is 9.61. The first-order valence-electron chi connectivity index (χ1n) is 7.21. The van der Waals surface area contributed by atoms with Crippen molar-refractivity contribution in [2.24, 2.45) is 5.73 Å². The van der Waals surface area contributed by atoms with Crippen molar-refractivity contribution in [2.45, 2.75) is 57.5 Å². The molecular formula is C13H28N4O2S. The SMILES string of the molecule is CC(CCCCNC(=O)C(N)CCCCNC=O)NS. The van der Waals surface area contributed by atoms with E-state index in [0.717, 1.165) is 32.1 Å². The van der Waals surface area contributed by atoms with Crippen LogP contribution in [-0.2, 0) is 9.59 Å². The van der Waals surface area contributed by atoms with Crippen LogP contribution in [0.25, 0.3) is 0 Å². The molecule has 0 aromatic carbocycles. The number of rotatable bonds is 13. The van der Waals surface area contributed by atoms with E-state index in [0.29, 0.717) is 32.0 Å². The minimum Gasteiger partial charge on any atom is -0.359 e. The molecule has 0 aliphatic rings. The topological polar surface area (TPSA) is 96.2 Å². The zero-order chi connectivity index (χ0) is 15.2. The third-order valence-electron chi connectivity index (χ3n) is 3.09. The van der Waals surface area contributed by atoms with Crippen molar-refractivity contribution in [3.63, 3.8) is 0 Å². The predicted molar refractivity (Wildman–Crippen MR) is 84.3 cm³/mol. The van der Waals surface area contributed by atoms with Gasteiger partial charge in [-0.25, -0.2) is 0 Å². The molecule has 0 saturated heterocycles. The molecule has 0 fully saturated rings. The average Bonchev–Trinajstić information content (AvgIpc) is 2.45. The van der Waals surface area contributed by atoms with Gasteiger partial charge >= 0.3 is 0 Å². The number of unbranched alkanes of at least 4 members (excludes halogenated alkanes) is 2. The Bertz CT molecular complexity index is 267. The van der Waals surface area contributed by atoms with Crippen molar-refractivity contribution < 1.29 is 9.59 Å². The molecule has 20 heavy (non-hydrogen) atoms. The number of nitrogens with two attached hydrogens (primary N) is 1. The van der Waals surface area contributed by atoms with Gasteiger partial charge in [0, 0.05) is 19.1 Å². The Morgan fingerprint density at radius 1 is 1.20 bits per heavy atom. The Hall–Kier alpha value is -0.790. The van der Waals surface area contributed by atoms with Gasteiger partial charge in [0.2, 0.25) is 12.3 Å². The maximum Gasteiger partial charge on any atom is 0.236 e. The van der Waals surface area contributed by atoms with Gasteiger partial charge in [0.15, 0.2) is 0 Å². The number of amides is 2. The highest BCUT2D eigenvalue weighted by atomic mass is 32.1. The quantitative estimate of drug-likeness (QED) is 0.193. The summed E-state index contributed by atoms with van der Waals surface area (Å²) in [6.07, 6.45) is 6.02. The lowest BCUT2D eigenvalue weighted by atomic mass is 10.1. The normalized spacial score (nSPS) is 13.6. The molecule has 0 aromatic heterocycles. The summed E-state index contributed by atoms with van der Waals surface area (Å²) in [5.41, 5.74) is 5.79. The first-order valence-corrected chi connectivity index (χ1v) is 7.66. The maximum absolute atomic E-state index is 11.7. The van der Waals surface area contributed by atoms with Crippen molar-refractivity contribution in [2.75, 3.05) is 13.1 Å². The van der Waals surface area contributed by atoms with Gasteiger partial charge < -0.3 is 16.4 Å². The second-order valence-electron chi connectivity index (χ2n) is 4.99. The van der Waals surface area contributed by atoms with Crippen molar-refractivity contribution in [3.05, 3.63) is 0 Å². The lowest BCUT2D eigenvalue weighted by Crippen LogP contribution is -2.41. The number of nitrogens with one attached hydrogen (secondary N) is 3. The highest BCUT2D eigenvalue weighted by Crippen LogP contribution is 2.01. The fourth-order valence-electron chi connectivity index (χ4n) is 1.76. The lowest BCUT2D eigenvalue weighted by Gasteiger charge is -2.13. The van der Waals surface area contributed by atoms with Crippen LogP contribution in [0.1, 0.15) is 45.4 Å². The standard InChI is InChI=1S/C13H28N4O2S/c1-11(17-20)6-2-5-9-16-13(19)12(14)7-3-4-8-15-10-18/h10-12,17,20H,2-9,14H2,1H3,(H,15,18)(H,16,19). The van der Waals surface area contributed by atoms with Crippen LogP contribution in [0.5, 0.6) is 0 Å². The van der Waals surface area contributed by atoms with Gasteiger partial charge in [-0.2, -0.15) is 0 Å². The third kappa shape index (κ3) is 11.1. The van der Waals surface area contributed by atoms with Gasteiger partial charge in [-0.1, -0.05) is 19.2 Å². The van der Waals surface area contributed by atoms with Crippen LogP contribution in [0.15, 0.2) is 0 Å². The Balaban J connectivity index is 3.47. The molecule has 0 aliphatic heterocycles. The molecule has 0 heterocycles. The number of thiol groups is 1. The molecule has 2 unspecified atom stereocenters. The molecule has 0 radical (unpaired) electrons.